The van der Waals surface area contributed by atoms with Gasteiger partial charge in [-0.3, -0.25) is 4.79 Å². The molecule has 2 N–H and O–H groups in total. The minimum absolute atomic E-state index is 0.0915. The van der Waals surface area contributed by atoms with Gasteiger partial charge in [0.15, 0.2) is 0 Å². The molecule has 4 nitrogen and oxygen atoms in total. The number of methoxy groups -OCH3 is 1. The average molecular weight is 336 g/mol. The fourth-order valence-electron chi connectivity index (χ4n) is 3.08. The highest BCUT2D eigenvalue weighted by atomic mass is 16.5. The lowest BCUT2D eigenvalue weighted by molar-refractivity contribution is -0.121. The Morgan fingerprint density at radius 1 is 1.20 bits per heavy atom. The van der Waals surface area contributed by atoms with Crippen LogP contribution in [0.25, 0.3) is 10.9 Å². The second-order valence-electron chi connectivity index (χ2n) is 6.34. The van der Waals surface area contributed by atoms with Crippen molar-refractivity contribution in [1.82, 2.24) is 10.3 Å². The van der Waals surface area contributed by atoms with Gasteiger partial charge in [0.2, 0.25) is 5.91 Å². The van der Waals surface area contributed by atoms with Crippen LogP contribution in [0.3, 0.4) is 0 Å². The third-order valence-electron chi connectivity index (χ3n) is 4.55. The molecule has 0 saturated heterocycles. The monoisotopic (exact) mass is 336 g/mol. The Kier molecular flexibility index (Phi) is 5.39. The van der Waals surface area contributed by atoms with Gasteiger partial charge in [-0.2, -0.15) is 0 Å². The number of aromatic nitrogens is 1. The zero-order chi connectivity index (χ0) is 17.6. The number of ether oxygens (including phenoxy) is 1. The van der Waals surface area contributed by atoms with Crippen molar-refractivity contribution in [2.75, 3.05) is 13.7 Å². The van der Waals surface area contributed by atoms with Crippen LogP contribution in [0.4, 0.5) is 0 Å². The van der Waals surface area contributed by atoms with Crippen molar-refractivity contribution in [1.29, 1.82) is 0 Å². The van der Waals surface area contributed by atoms with Gasteiger partial charge in [0.05, 0.1) is 7.11 Å². The van der Waals surface area contributed by atoms with E-state index in [1.165, 1.54) is 11.1 Å². The Morgan fingerprint density at radius 3 is 2.76 bits per heavy atom. The zero-order valence-electron chi connectivity index (χ0n) is 14.7. The lowest BCUT2D eigenvalue weighted by Crippen LogP contribution is -2.26. The predicted molar refractivity (Wildman–Crippen MR) is 101 cm³/mol. The molecule has 0 saturated carbocycles. The molecule has 0 fully saturated rings. The van der Waals surface area contributed by atoms with Crippen molar-refractivity contribution >= 4 is 16.8 Å². The van der Waals surface area contributed by atoms with Crippen LogP contribution < -0.4 is 10.1 Å². The quantitative estimate of drug-likeness (QED) is 0.684. The Morgan fingerprint density at radius 2 is 2.00 bits per heavy atom. The molecular formula is C21H24N2O2. The number of nitrogens with one attached hydrogen (secondary N) is 2. The van der Waals surface area contributed by atoms with Crippen LogP contribution in [0.5, 0.6) is 5.75 Å². The van der Waals surface area contributed by atoms with E-state index >= 15 is 0 Å². The van der Waals surface area contributed by atoms with Crippen LogP contribution >= 0.6 is 0 Å². The van der Waals surface area contributed by atoms with Gasteiger partial charge in [-0.05, 0) is 41.7 Å². The van der Waals surface area contributed by atoms with E-state index in [2.05, 4.69) is 29.4 Å². The lowest BCUT2D eigenvalue weighted by Gasteiger charge is -2.12. The Hall–Kier alpha value is -2.75. The highest BCUT2D eigenvalue weighted by Crippen LogP contribution is 2.24. The first-order chi connectivity index (χ1) is 12.2. The van der Waals surface area contributed by atoms with E-state index < -0.39 is 0 Å². The number of benzene rings is 2. The third kappa shape index (κ3) is 4.21. The van der Waals surface area contributed by atoms with E-state index in [1.54, 1.807) is 7.11 Å². The maximum absolute atomic E-state index is 12.2. The van der Waals surface area contributed by atoms with Crippen molar-refractivity contribution in [3.05, 3.63) is 65.9 Å². The van der Waals surface area contributed by atoms with Crippen molar-refractivity contribution in [2.24, 2.45) is 0 Å². The number of hydrogen-bond donors (Lipinski definition) is 2. The molecule has 1 amide bonds. The minimum Gasteiger partial charge on any atom is -0.497 e. The second-order valence-corrected chi connectivity index (χ2v) is 6.34. The van der Waals surface area contributed by atoms with Gasteiger partial charge < -0.3 is 15.0 Å². The summed E-state index contributed by atoms with van der Waals surface area (Å²) in [5.74, 6) is 1.15. The summed E-state index contributed by atoms with van der Waals surface area (Å²) in [6, 6.07) is 16.1. The van der Waals surface area contributed by atoms with Gasteiger partial charge >= 0.3 is 0 Å². The lowest BCUT2D eigenvalue weighted by atomic mass is 9.97. The van der Waals surface area contributed by atoms with E-state index in [-0.39, 0.29) is 11.8 Å². The molecule has 0 radical (unpaired) electrons. The van der Waals surface area contributed by atoms with E-state index in [4.69, 9.17) is 4.74 Å². The van der Waals surface area contributed by atoms with Crippen molar-refractivity contribution in [3.8, 4) is 5.75 Å². The first kappa shape index (κ1) is 17.1. The molecule has 1 heterocycles. The van der Waals surface area contributed by atoms with E-state index in [9.17, 15) is 4.79 Å². The fraction of sp³-hybridized carbons (Fsp3) is 0.286. The molecule has 3 rings (SSSR count). The van der Waals surface area contributed by atoms with Gasteiger partial charge in [-0.25, -0.2) is 0 Å². The van der Waals surface area contributed by atoms with Gasteiger partial charge in [-0.15, -0.1) is 0 Å². The molecule has 0 aliphatic heterocycles. The number of carbonyl (C=O) groups excluding carboxylic acids is 1. The zero-order valence-corrected chi connectivity index (χ0v) is 14.7. The SMILES string of the molecule is COc1ccc2[nH]cc(CCNC(=O)CC(C)c3ccccc3)c2c1. The molecule has 0 spiro atoms. The smallest absolute Gasteiger partial charge is 0.220 e. The number of rotatable bonds is 7. The Bertz CT molecular complexity index is 839. The second kappa shape index (κ2) is 7.88. The number of fused-ring (bicyclic) bond motifs is 1. The standard InChI is InChI=1S/C21H24N2O2/c1-15(16-6-4-3-5-7-16)12-21(24)22-11-10-17-14-23-20-9-8-18(25-2)13-19(17)20/h3-9,13-15,23H,10-12H2,1-2H3,(H,22,24). The highest BCUT2D eigenvalue weighted by Gasteiger charge is 2.11. The summed E-state index contributed by atoms with van der Waals surface area (Å²) in [5, 5.41) is 4.18. The van der Waals surface area contributed by atoms with Crippen LogP contribution in [0, 0.1) is 0 Å². The van der Waals surface area contributed by atoms with Crippen LogP contribution in [-0.2, 0) is 11.2 Å². The number of H-pyrrole nitrogens is 1. The van der Waals surface area contributed by atoms with Gasteiger partial charge in [-0.1, -0.05) is 37.3 Å². The summed E-state index contributed by atoms with van der Waals surface area (Å²) < 4.78 is 5.29. The maximum Gasteiger partial charge on any atom is 0.220 e. The van der Waals surface area contributed by atoms with Crippen molar-refractivity contribution in [3.63, 3.8) is 0 Å². The predicted octanol–water partition coefficient (Wildman–Crippen LogP) is 4.03. The van der Waals surface area contributed by atoms with Crippen LogP contribution in [0.2, 0.25) is 0 Å². The number of carbonyl (C=O) groups is 1. The molecule has 25 heavy (non-hydrogen) atoms. The Labute approximate surface area is 148 Å². The normalized spacial score (nSPS) is 12.1. The molecule has 1 unspecified atom stereocenters. The van der Waals surface area contributed by atoms with E-state index in [1.807, 2.05) is 42.6 Å². The van der Waals surface area contributed by atoms with Crippen molar-refractivity contribution in [2.45, 2.75) is 25.7 Å². The molecule has 0 aliphatic rings. The maximum atomic E-state index is 12.2. The number of amides is 1. The molecule has 1 atom stereocenters. The number of aromatic amines is 1. The van der Waals surface area contributed by atoms with Gasteiger partial charge in [0, 0.05) is 30.1 Å². The third-order valence-corrected chi connectivity index (χ3v) is 4.55. The molecule has 2 aromatic carbocycles. The summed E-state index contributed by atoms with van der Waals surface area (Å²) in [5.41, 5.74) is 3.46. The van der Waals surface area contributed by atoms with Crippen LogP contribution in [0.1, 0.15) is 30.4 Å². The summed E-state index contributed by atoms with van der Waals surface area (Å²) in [4.78, 5) is 15.4. The first-order valence-corrected chi connectivity index (χ1v) is 8.63. The molecule has 3 aromatic rings. The topological polar surface area (TPSA) is 54.1 Å². The number of hydrogen-bond acceptors (Lipinski definition) is 2. The molecule has 130 valence electrons. The first-order valence-electron chi connectivity index (χ1n) is 8.63. The summed E-state index contributed by atoms with van der Waals surface area (Å²) in [7, 11) is 1.67. The summed E-state index contributed by atoms with van der Waals surface area (Å²) >= 11 is 0. The van der Waals surface area contributed by atoms with E-state index in [0.717, 1.165) is 23.1 Å². The van der Waals surface area contributed by atoms with Gasteiger partial charge in [0.25, 0.3) is 0 Å². The molecular weight excluding hydrogens is 312 g/mol. The largest absolute Gasteiger partial charge is 0.497 e. The average Bonchev–Trinajstić information content (AvgIpc) is 3.04. The summed E-state index contributed by atoms with van der Waals surface area (Å²) in [6.45, 7) is 2.71. The summed E-state index contributed by atoms with van der Waals surface area (Å²) in [6.07, 6.45) is 3.30. The Balaban J connectivity index is 1.53. The van der Waals surface area contributed by atoms with Crippen LogP contribution in [0.15, 0.2) is 54.7 Å². The van der Waals surface area contributed by atoms with Gasteiger partial charge in [0.1, 0.15) is 5.75 Å². The molecule has 1 aromatic heterocycles. The fourth-order valence-corrected chi connectivity index (χ4v) is 3.08. The van der Waals surface area contributed by atoms with Crippen LogP contribution in [-0.4, -0.2) is 24.5 Å². The molecule has 0 aliphatic carbocycles. The molecule has 0 bridgehead atoms. The molecule has 4 heteroatoms. The highest BCUT2D eigenvalue weighted by molar-refractivity contribution is 5.84. The van der Waals surface area contributed by atoms with Crippen molar-refractivity contribution < 1.29 is 9.53 Å². The minimum atomic E-state index is 0.0915. The van der Waals surface area contributed by atoms with E-state index in [0.29, 0.717) is 13.0 Å².